The van der Waals surface area contributed by atoms with E-state index in [-0.39, 0.29) is 0 Å². The number of hydrogen-bond acceptors (Lipinski definition) is 3. The normalized spacial score (nSPS) is 10.4. The topological polar surface area (TPSA) is 89.6 Å². The van der Waals surface area contributed by atoms with E-state index in [4.69, 9.17) is 5.11 Å². The number of rotatable bonds is 16. The van der Waals surface area contributed by atoms with Crippen LogP contribution in [0.3, 0.4) is 0 Å². The van der Waals surface area contributed by atoms with Gasteiger partial charge in [-0.05, 0) is 39.0 Å². The Bertz CT molecular complexity index is 343. The van der Waals surface area contributed by atoms with Gasteiger partial charge in [0, 0.05) is 6.42 Å². The fourth-order valence-electron chi connectivity index (χ4n) is 2.49. The zero-order valence-electron chi connectivity index (χ0n) is 17.0. The molecule has 0 aromatic carbocycles. The number of carbonyl (C=O) groups is 2. The van der Waals surface area contributed by atoms with Crippen LogP contribution in [0.4, 0.5) is 4.79 Å². The molecular formula is C21H41NO4. The number of hydrogen-bond donors (Lipinski definition) is 2. The van der Waals surface area contributed by atoms with Crippen LogP contribution in [0.2, 0.25) is 0 Å². The predicted molar refractivity (Wildman–Crippen MR) is 108 cm³/mol. The van der Waals surface area contributed by atoms with Gasteiger partial charge in [-0.3, -0.25) is 4.79 Å². The van der Waals surface area contributed by atoms with Crippen molar-refractivity contribution >= 4 is 12.1 Å². The number of primary amides is 1. The van der Waals surface area contributed by atoms with Crippen molar-refractivity contribution < 1.29 is 19.4 Å². The number of carboxylic acids is 1. The second-order valence-corrected chi connectivity index (χ2v) is 6.48. The molecule has 0 saturated carbocycles. The molecular weight excluding hydrogens is 330 g/mol. The minimum atomic E-state index is -0.711. The Kier molecular flexibility index (Phi) is 24.1. The molecule has 0 aromatic rings. The van der Waals surface area contributed by atoms with Gasteiger partial charge in [0.15, 0.2) is 0 Å². The molecule has 0 atom stereocenters. The van der Waals surface area contributed by atoms with Crippen LogP contribution in [-0.2, 0) is 9.53 Å². The molecule has 1 amide bonds. The van der Waals surface area contributed by atoms with Crippen LogP contribution in [0.25, 0.3) is 0 Å². The van der Waals surface area contributed by atoms with E-state index < -0.39 is 12.1 Å². The van der Waals surface area contributed by atoms with Gasteiger partial charge in [0.2, 0.25) is 0 Å². The molecule has 0 rings (SSSR count). The van der Waals surface area contributed by atoms with Crippen molar-refractivity contribution in [1.82, 2.24) is 0 Å². The lowest BCUT2D eigenvalue weighted by atomic mass is 10.1. The Morgan fingerprint density at radius 2 is 1.27 bits per heavy atom. The van der Waals surface area contributed by atoms with Gasteiger partial charge in [-0.2, -0.15) is 0 Å². The number of nitrogens with two attached hydrogens (primary N) is 1. The molecule has 0 aliphatic rings. The molecule has 26 heavy (non-hydrogen) atoms. The Morgan fingerprint density at radius 1 is 0.808 bits per heavy atom. The van der Waals surface area contributed by atoms with E-state index in [9.17, 15) is 9.59 Å². The summed E-state index contributed by atoms with van der Waals surface area (Å²) in [6, 6.07) is 0. The van der Waals surface area contributed by atoms with Gasteiger partial charge < -0.3 is 15.6 Å². The third kappa shape index (κ3) is 30.4. The van der Waals surface area contributed by atoms with Crippen LogP contribution in [0.5, 0.6) is 0 Å². The minimum Gasteiger partial charge on any atom is -0.481 e. The first-order valence-electron chi connectivity index (χ1n) is 10.3. The van der Waals surface area contributed by atoms with Crippen molar-refractivity contribution in [2.24, 2.45) is 5.73 Å². The fourth-order valence-corrected chi connectivity index (χ4v) is 2.49. The van der Waals surface area contributed by atoms with E-state index in [0.29, 0.717) is 13.0 Å². The number of allylic oxidation sites excluding steroid dienone is 2. The molecule has 5 nitrogen and oxygen atoms in total. The van der Waals surface area contributed by atoms with E-state index in [2.05, 4.69) is 29.5 Å². The molecule has 0 heterocycles. The number of carbonyl (C=O) groups excluding carboxylic acids is 1. The van der Waals surface area contributed by atoms with Crippen molar-refractivity contribution in [3.8, 4) is 0 Å². The smallest absolute Gasteiger partial charge is 0.404 e. The maximum absolute atomic E-state index is 10.3. The van der Waals surface area contributed by atoms with Gasteiger partial charge >= 0.3 is 12.1 Å². The van der Waals surface area contributed by atoms with Gasteiger partial charge in [-0.1, -0.05) is 70.4 Å². The lowest BCUT2D eigenvalue weighted by molar-refractivity contribution is -0.137. The second-order valence-electron chi connectivity index (χ2n) is 6.48. The maximum atomic E-state index is 10.3. The van der Waals surface area contributed by atoms with E-state index >= 15 is 0 Å². The first-order chi connectivity index (χ1) is 12.5. The van der Waals surface area contributed by atoms with Crippen molar-refractivity contribution in [2.45, 2.75) is 104 Å². The second kappa shape index (κ2) is 23.5. The molecule has 0 bridgehead atoms. The summed E-state index contributed by atoms with van der Waals surface area (Å²) < 4.78 is 4.18. The monoisotopic (exact) mass is 371 g/mol. The highest BCUT2D eigenvalue weighted by atomic mass is 16.5. The molecule has 3 N–H and O–H groups in total. The van der Waals surface area contributed by atoms with E-state index in [1.165, 1.54) is 70.6 Å². The predicted octanol–water partition coefficient (Wildman–Crippen LogP) is 6.21. The average molecular weight is 372 g/mol. The van der Waals surface area contributed by atoms with Crippen LogP contribution >= 0.6 is 0 Å². The molecule has 0 spiro atoms. The third-order valence-electron chi connectivity index (χ3n) is 3.94. The quantitative estimate of drug-likeness (QED) is 0.249. The molecule has 0 aliphatic carbocycles. The fraction of sp³-hybridized carbons (Fsp3) is 0.810. The summed E-state index contributed by atoms with van der Waals surface area (Å²) in [6.07, 6.45) is 20.5. The molecule has 0 aliphatic heterocycles. The first kappa shape index (κ1) is 26.7. The van der Waals surface area contributed by atoms with Gasteiger partial charge in [0.05, 0.1) is 6.61 Å². The Labute approximate surface area is 160 Å². The molecule has 0 radical (unpaired) electrons. The number of amides is 1. The summed E-state index contributed by atoms with van der Waals surface area (Å²) in [5.74, 6) is -0.664. The number of aliphatic carboxylic acids is 1. The van der Waals surface area contributed by atoms with Crippen LogP contribution in [0, 0.1) is 0 Å². The molecule has 0 fully saturated rings. The molecule has 0 aromatic heterocycles. The van der Waals surface area contributed by atoms with Gasteiger partial charge in [-0.25, -0.2) is 4.79 Å². The SMILES string of the molecule is CCCCCCCC/C=C\CCCCCCCC(=O)O.CCOC(N)=O. The van der Waals surface area contributed by atoms with Crippen LogP contribution in [0.15, 0.2) is 12.2 Å². The Hall–Kier alpha value is -1.52. The molecule has 154 valence electrons. The summed E-state index contributed by atoms with van der Waals surface area (Å²) in [6.45, 7) is 4.31. The van der Waals surface area contributed by atoms with Gasteiger partial charge in [-0.15, -0.1) is 0 Å². The Morgan fingerprint density at radius 3 is 1.65 bits per heavy atom. The third-order valence-corrected chi connectivity index (χ3v) is 3.94. The summed E-state index contributed by atoms with van der Waals surface area (Å²) in [5, 5.41) is 8.51. The van der Waals surface area contributed by atoms with Crippen molar-refractivity contribution in [2.75, 3.05) is 6.61 Å². The van der Waals surface area contributed by atoms with Crippen molar-refractivity contribution in [1.29, 1.82) is 0 Å². The van der Waals surface area contributed by atoms with Crippen molar-refractivity contribution in [3.05, 3.63) is 12.2 Å². The van der Waals surface area contributed by atoms with Gasteiger partial charge in [0.25, 0.3) is 0 Å². The standard InChI is InChI=1S/C18H34O2.C3H7NO2/c1-2-3-4-5-6-7-8-9-10-11-12-13-14-15-16-17-18(19)20;1-2-6-3(4)5/h9-10H,2-8,11-17H2,1H3,(H,19,20);2H2,1H3,(H2,4,5)/b10-9-;. The summed E-state index contributed by atoms with van der Waals surface area (Å²) in [5.41, 5.74) is 4.54. The van der Waals surface area contributed by atoms with E-state index in [1.807, 2.05) is 0 Å². The molecule has 0 unspecified atom stereocenters. The highest BCUT2D eigenvalue weighted by molar-refractivity contribution is 5.66. The van der Waals surface area contributed by atoms with Crippen LogP contribution in [-0.4, -0.2) is 23.8 Å². The summed E-state index contributed by atoms with van der Waals surface area (Å²) in [7, 11) is 0. The van der Waals surface area contributed by atoms with E-state index in [1.54, 1.807) is 6.92 Å². The van der Waals surface area contributed by atoms with Crippen LogP contribution in [0.1, 0.15) is 104 Å². The van der Waals surface area contributed by atoms with Gasteiger partial charge in [0.1, 0.15) is 0 Å². The first-order valence-corrected chi connectivity index (χ1v) is 10.3. The Balaban J connectivity index is 0. The maximum Gasteiger partial charge on any atom is 0.404 e. The average Bonchev–Trinajstić information content (AvgIpc) is 2.58. The van der Waals surface area contributed by atoms with Crippen LogP contribution < -0.4 is 5.73 Å². The highest BCUT2D eigenvalue weighted by Crippen LogP contribution is 2.09. The zero-order valence-corrected chi connectivity index (χ0v) is 17.0. The number of carboxylic acid groups (broad SMARTS) is 1. The molecule has 5 heteroatoms. The zero-order chi connectivity index (χ0) is 19.9. The summed E-state index contributed by atoms with van der Waals surface area (Å²) >= 11 is 0. The number of unbranched alkanes of at least 4 members (excludes halogenated alkanes) is 11. The van der Waals surface area contributed by atoms with E-state index in [0.717, 1.165) is 12.8 Å². The lowest BCUT2D eigenvalue weighted by Crippen LogP contribution is -2.11. The number of ether oxygens (including phenoxy) is 1. The van der Waals surface area contributed by atoms with Crippen molar-refractivity contribution in [3.63, 3.8) is 0 Å². The highest BCUT2D eigenvalue weighted by Gasteiger charge is 1.95. The summed E-state index contributed by atoms with van der Waals surface area (Å²) in [4.78, 5) is 19.9. The largest absolute Gasteiger partial charge is 0.481 e. The lowest BCUT2D eigenvalue weighted by Gasteiger charge is -1.99. The minimum absolute atomic E-state index is 0.332. The molecule has 0 saturated heterocycles.